The van der Waals surface area contributed by atoms with E-state index in [-0.39, 0.29) is 17.7 Å². The molecule has 3 heteroatoms. The molecule has 0 saturated heterocycles. The summed E-state index contributed by atoms with van der Waals surface area (Å²) in [6, 6.07) is 6.99. The highest BCUT2D eigenvalue weighted by Gasteiger charge is 2.15. The van der Waals surface area contributed by atoms with E-state index in [2.05, 4.69) is 4.74 Å². The van der Waals surface area contributed by atoms with E-state index in [9.17, 15) is 9.59 Å². The number of carbonyl (C=O) groups is 2. The van der Waals surface area contributed by atoms with Crippen molar-refractivity contribution in [1.29, 1.82) is 0 Å². The summed E-state index contributed by atoms with van der Waals surface area (Å²) >= 11 is 0. The van der Waals surface area contributed by atoms with Gasteiger partial charge in [0.2, 0.25) is 0 Å². The fourth-order valence-corrected chi connectivity index (χ4v) is 1.32. The Morgan fingerprint density at radius 1 is 1.20 bits per heavy atom. The summed E-state index contributed by atoms with van der Waals surface area (Å²) in [4.78, 5) is 22.3. The first-order valence-corrected chi connectivity index (χ1v) is 4.75. The van der Waals surface area contributed by atoms with Crippen molar-refractivity contribution >= 4 is 11.8 Å². The second-order valence-electron chi connectivity index (χ2n) is 3.42. The number of hydrogen-bond donors (Lipinski definition) is 0. The number of ketones is 1. The molecular weight excluding hydrogens is 192 g/mol. The van der Waals surface area contributed by atoms with E-state index < -0.39 is 0 Å². The Labute approximate surface area is 89.1 Å². The zero-order valence-electron chi connectivity index (χ0n) is 9.11. The van der Waals surface area contributed by atoms with Gasteiger partial charge in [-0.3, -0.25) is 9.59 Å². The van der Waals surface area contributed by atoms with Crippen molar-refractivity contribution in [2.75, 3.05) is 7.11 Å². The van der Waals surface area contributed by atoms with Gasteiger partial charge >= 0.3 is 5.97 Å². The van der Waals surface area contributed by atoms with Crippen LogP contribution in [0.5, 0.6) is 0 Å². The zero-order valence-corrected chi connectivity index (χ0v) is 9.11. The first-order chi connectivity index (χ1) is 7.06. The van der Waals surface area contributed by atoms with Crippen LogP contribution in [0.3, 0.4) is 0 Å². The number of methoxy groups -OCH3 is 1. The van der Waals surface area contributed by atoms with Gasteiger partial charge in [-0.2, -0.15) is 0 Å². The van der Waals surface area contributed by atoms with Crippen molar-refractivity contribution in [2.45, 2.75) is 19.8 Å². The highest BCUT2D eigenvalue weighted by atomic mass is 16.5. The predicted molar refractivity (Wildman–Crippen MR) is 56.9 cm³/mol. The van der Waals surface area contributed by atoms with Crippen LogP contribution in [-0.4, -0.2) is 18.9 Å². The molecule has 0 aliphatic rings. The summed E-state index contributed by atoms with van der Waals surface area (Å²) in [6.07, 6.45) is 0. The lowest BCUT2D eigenvalue weighted by molar-refractivity contribution is -0.141. The van der Waals surface area contributed by atoms with Gasteiger partial charge in [-0.1, -0.05) is 24.3 Å². The van der Waals surface area contributed by atoms with Crippen molar-refractivity contribution < 1.29 is 14.3 Å². The summed E-state index contributed by atoms with van der Waals surface area (Å²) in [5.74, 6) is -0.547. The molecule has 0 bridgehead atoms. The molecule has 1 unspecified atom stereocenters. The molecule has 3 nitrogen and oxygen atoms in total. The van der Waals surface area contributed by atoms with Gasteiger partial charge in [0.25, 0.3) is 0 Å². The van der Waals surface area contributed by atoms with E-state index in [1.807, 2.05) is 0 Å². The number of rotatable bonds is 3. The minimum Gasteiger partial charge on any atom is -0.469 e. The van der Waals surface area contributed by atoms with Crippen molar-refractivity contribution in [2.24, 2.45) is 0 Å². The SMILES string of the molecule is COC(=O)C(C)c1ccc(C(C)=O)cc1. The van der Waals surface area contributed by atoms with Crippen molar-refractivity contribution in [1.82, 2.24) is 0 Å². The molecule has 1 atom stereocenters. The molecule has 0 aliphatic carbocycles. The second-order valence-corrected chi connectivity index (χ2v) is 3.42. The largest absolute Gasteiger partial charge is 0.469 e. The Morgan fingerprint density at radius 2 is 1.73 bits per heavy atom. The molecule has 1 aromatic rings. The Balaban J connectivity index is 2.89. The van der Waals surface area contributed by atoms with Crippen LogP contribution in [0, 0.1) is 0 Å². The average molecular weight is 206 g/mol. The van der Waals surface area contributed by atoms with Gasteiger partial charge in [-0.25, -0.2) is 0 Å². The van der Waals surface area contributed by atoms with Crippen LogP contribution < -0.4 is 0 Å². The molecule has 0 aromatic heterocycles. The lowest BCUT2D eigenvalue weighted by Crippen LogP contribution is -2.10. The topological polar surface area (TPSA) is 43.4 Å². The van der Waals surface area contributed by atoms with Crippen molar-refractivity contribution in [3.8, 4) is 0 Å². The average Bonchev–Trinajstić information content (AvgIpc) is 2.27. The molecule has 0 spiro atoms. The fourth-order valence-electron chi connectivity index (χ4n) is 1.32. The molecule has 0 fully saturated rings. The maximum Gasteiger partial charge on any atom is 0.312 e. The number of hydrogen-bond acceptors (Lipinski definition) is 3. The van der Waals surface area contributed by atoms with Crippen LogP contribution >= 0.6 is 0 Å². The maximum atomic E-state index is 11.2. The fraction of sp³-hybridized carbons (Fsp3) is 0.333. The normalized spacial score (nSPS) is 11.9. The van der Waals surface area contributed by atoms with Crippen molar-refractivity contribution in [3.63, 3.8) is 0 Å². The first kappa shape index (κ1) is 11.4. The Kier molecular flexibility index (Phi) is 3.61. The summed E-state index contributed by atoms with van der Waals surface area (Å²) in [6.45, 7) is 3.29. The Bertz CT molecular complexity index is 365. The van der Waals surface area contributed by atoms with Crippen LogP contribution in [0.15, 0.2) is 24.3 Å². The molecular formula is C12H14O3. The highest BCUT2D eigenvalue weighted by molar-refractivity contribution is 5.94. The minimum absolute atomic E-state index is 0.0206. The van der Waals surface area contributed by atoms with Gasteiger partial charge in [0.15, 0.2) is 5.78 Å². The van der Waals surface area contributed by atoms with Crippen molar-refractivity contribution in [3.05, 3.63) is 35.4 Å². The monoisotopic (exact) mass is 206 g/mol. The van der Waals surface area contributed by atoms with Gasteiger partial charge in [0.1, 0.15) is 0 Å². The molecule has 0 N–H and O–H groups in total. The predicted octanol–water partition coefficient (Wildman–Crippen LogP) is 2.17. The van der Waals surface area contributed by atoms with Crippen LogP contribution in [0.2, 0.25) is 0 Å². The molecule has 1 aromatic carbocycles. The van der Waals surface area contributed by atoms with E-state index in [0.29, 0.717) is 5.56 Å². The first-order valence-electron chi connectivity index (χ1n) is 4.75. The summed E-state index contributed by atoms with van der Waals surface area (Å²) in [7, 11) is 1.36. The van der Waals surface area contributed by atoms with E-state index >= 15 is 0 Å². The smallest absolute Gasteiger partial charge is 0.312 e. The maximum absolute atomic E-state index is 11.2. The molecule has 0 radical (unpaired) electrons. The van der Waals surface area contributed by atoms with Gasteiger partial charge in [-0.15, -0.1) is 0 Å². The molecule has 0 aliphatic heterocycles. The third-order valence-electron chi connectivity index (χ3n) is 2.37. The van der Waals surface area contributed by atoms with Gasteiger partial charge in [0, 0.05) is 5.56 Å². The number of Topliss-reactive ketones (excluding diaryl/α,β-unsaturated/α-hetero) is 1. The van der Waals surface area contributed by atoms with E-state index in [1.54, 1.807) is 31.2 Å². The van der Waals surface area contributed by atoms with Crippen LogP contribution in [0.4, 0.5) is 0 Å². The lowest BCUT2D eigenvalue weighted by Gasteiger charge is -2.09. The number of carbonyl (C=O) groups excluding carboxylic acids is 2. The summed E-state index contributed by atoms with van der Waals surface area (Å²) in [5.41, 5.74) is 1.50. The molecule has 15 heavy (non-hydrogen) atoms. The zero-order chi connectivity index (χ0) is 11.4. The molecule has 80 valence electrons. The van der Waals surface area contributed by atoms with Gasteiger partial charge < -0.3 is 4.74 Å². The lowest BCUT2D eigenvalue weighted by atomic mass is 9.99. The number of esters is 1. The number of benzene rings is 1. The summed E-state index contributed by atoms with van der Waals surface area (Å²) in [5, 5.41) is 0. The van der Waals surface area contributed by atoms with Gasteiger partial charge in [-0.05, 0) is 19.4 Å². The van der Waals surface area contributed by atoms with E-state index in [4.69, 9.17) is 0 Å². The molecule has 0 saturated carbocycles. The van der Waals surface area contributed by atoms with E-state index in [0.717, 1.165) is 5.56 Å². The Morgan fingerprint density at radius 3 is 2.13 bits per heavy atom. The molecule has 1 rings (SSSR count). The third-order valence-corrected chi connectivity index (χ3v) is 2.37. The highest BCUT2D eigenvalue weighted by Crippen LogP contribution is 2.17. The second kappa shape index (κ2) is 4.73. The quantitative estimate of drug-likeness (QED) is 0.562. The molecule has 0 amide bonds. The minimum atomic E-state index is -0.295. The van der Waals surface area contributed by atoms with E-state index in [1.165, 1.54) is 14.0 Å². The summed E-state index contributed by atoms with van der Waals surface area (Å²) < 4.78 is 4.64. The standard InChI is InChI=1S/C12H14O3/c1-8(12(14)15-3)10-4-6-11(7-5-10)9(2)13/h4-8H,1-3H3. The third kappa shape index (κ3) is 2.65. The number of ether oxygens (including phenoxy) is 1. The van der Waals surface area contributed by atoms with Crippen LogP contribution in [0.1, 0.15) is 35.7 Å². The van der Waals surface area contributed by atoms with Crippen LogP contribution in [0.25, 0.3) is 0 Å². The van der Waals surface area contributed by atoms with Gasteiger partial charge in [0.05, 0.1) is 13.0 Å². The van der Waals surface area contributed by atoms with Crippen LogP contribution in [-0.2, 0) is 9.53 Å². The molecule has 0 heterocycles. The Hall–Kier alpha value is -1.64.